The summed E-state index contributed by atoms with van der Waals surface area (Å²) in [6.07, 6.45) is 0.727. The number of hydrogen-bond acceptors (Lipinski definition) is 6. The van der Waals surface area contributed by atoms with Gasteiger partial charge in [-0.05, 0) is 24.6 Å². The summed E-state index contributed by atoms with van der Waals surface area (Å²) in [5.41, 5.74) is 0.697. The molecule has 0 bridgehead atoms. The lowest BCUT2D eigenvalue weighted by molar-refractivity contribution is -0.153. The molecule has 0 amide bonds. The van der Waals surface area contributed by atoms with Crippen molar-refractivity contribution in [1.82, 2.24) is 4.98 Å². The van der Waals surface area contributed by atoms with Gasteiger partial charge in [0.2, 0.25) is 0 Å². The normalized spacial score (nSPS) is 14.0. The van der Waals surface area contributed by atoms with Crippen molar-refractivity contribution in [2.45, 2.75) is 39.2 Å². The third-order valence-electron chi connectivity index (χ3n) is 4.67. The molecule has 1 aromatic heterocycles. The molecule has 0 fully saturated rings. The fourth-order valence-corrected chi connectivity index (χ4v) is 2.70. The number of rotatable bonds is 8. The number of carbonyl (C=O) groups is 2. The van der Waals surface area contributed by atoms with Gasteiger partial charge in [0.1, 0.15) is 11.9 Å². The molecule has 3 atom stereocenters. The fraction of sp³-hybridized carbons (Fsp3) is 0.381. The molecule has 0 spiro atoms. The van der Waals surface area contributed by atoms with Gasteiger partial charge in [-0.3, -0.25) is 9.59 Å². The quantitative estimate of drug-likeness (QED) is 0.545. The van der Waals surface area contributed by atoms with E-state index >= 15 is 0 Å². The summed E-state index contributed by atoms with van der Waals surface area (Å²) in [4.78, 5) is 28.6. The van der Waals surface area contributed by atoms with Gasteiger partial charge < -0.3 is 14.6 Å². The van der Waals surface area contributed by atoms with Crippen LogP contribution in [0.2, 0.25) is 0 Å². The predicted molar refractivity (Wildman–Crippen MR) is 101 cm³/mol. The highest BCUT2D eigenvalue weighted by Crippen LogP contribution is 2.29. The maximum Gasteiger partial charge on any atom is 0.309 e. The van der Waals surface area contributed by atoms with Crippen LogP contribution in [0.4, 0.5) is 4.39 Å². The Balaban J connectivity index is 1.98. The maximum absolute atomic E-state index is 13.1. The molecule has 2 aromatic rings. The Labute approximate surface area is 163 Å². The van der Waals surface area contributed by atoms with Crippen LogP contribution in [0, 0.1) is 11.7 Å². The number of esters is 1. The van der Waals surface area contributed by atoms with E-state index in [2.05, 4.69) is 4.98 Å². The van der Waals surface area contributed by atoms with E-state index in [-0.39, 0.29) is 35.3 Å². The van der Waals surface area contributed by atoms with Gasteiger partial charge in [-0.2, -0.15) is 0 Å². The first-order valence-corrected chi connectivity index (χ1v) is 8.95. The number of aromatic nitrogens is 1. The molecule has 1 aromatic carbocycles. The molecule has 1 heterocycles. The van der Waals surface area contributed by atoms with Gasteiger partial charge in [0.05, 0.1) is 13.0 Å². The summed E-state index contributed by atoms with van der Waals surface area (Å²) in [5, 5.41) is 10.0. The zero-order chi connectivity index (χ0) is 20.8. The Morgan fingerprint density at radius 3 is 2.39 bits per heavy atom. The van der Waals surface area contributed by atoms with Gasteiger partial charge in [0, 0.05) is 24.6 Å². The van der Waals surface area contributed by atoms with Crippen LogP contribution < -0.4 is 4.74 Å². The van der Waals surface area contributed by atoms with Gasteiger partial charge in [-0.1, -0.05) is 26.0 Å². The molecular formula is C21H24FNO5. The van der Waals surface area contributed by atoms with E-state index in [0.717, 1.165) is 5.56 Å². The number of methoxy groups -OCH3 is 1. The summed E-state index contributed by atoms with van der Waals surface area (Å²) < 4.78 is 23.5. The van der Waals surface area contributed by atoms with Crippen LogP contribution >= 0.6 is 0 Å². The van der Waals surface area contributed by atoms with Crippen LogP contribution in [0.1, 0.15) is 49.2 Å². The van der Waals surface area contributed by atoms with Crippen molar-refractivity contribution in [3.05, 3.63) is 53.6 Å². The first-order chi connectivity index (χ1) is 13.2. The number of hydrogen-bond donors (Lipinski definition) is 1. The van der Waals surface area contributed by atoms with Crippen molar-refractivity contribution in [3.8, 4) is 11.5 Å². The standard InChI is InChI=1S/C21H24FNO5/c1-12(11-17(24)19-20(25)18(27-4)9-10-23-19)21(26)28-14(3)13(2)15-5-7-16(22)8-6-15/h5-10,12-14,25H,11H2,1-4H3/t12-,13+,14-/m0/s1. The number of Topliss-reactive ketones (excluding diaryl/α,β-unsaturated/α-hetero) is 1. The number of halogens is 1. The molecule has 0 aliphatic carbocycles. The highest BCUT2D eigenvalue weighted by Gasteiger charge is 2.26. The molecule has 2 rings (SSSR count). The average molecular weight is 389 g/mol. The summed E-state index contributed by atoms with van der Waals surface area (Å²) in [7, 11) is 1.37. The predicted octanol–water partition coefficient (Wildman–Crippen LogP) is 3.88. The van der Waals surface area contributed by atoms with Gasteiger partial charge in [0.15, 0.2) is 23.0 Å². The molecule has 28 heavy (non-hydrogen) atoms. The number of aromatic hydroxyl groups is 1. The lowest BCUT2D eigenvalue weighted by atomic mass is 9.96. The van der Waals surface area contributed by atoms with Crippen molar-refractivity contribution in [3.63, 3.8) is 0 Å². The lowest BCUT2D eigenvalue weighted by Crippen LogP contribution is -2.26. The highest BCUT2D eigenvalue weighted by molar-refractivity contribution is 5.99. The Morgan fingerprint density at radius 1 is 1.14 bits per heavy atom. The van der Waals surface area contributed by atoms with Crippen LogP contribution in [-0.4, -0.2) is 35.1 Å². The van der Waals surface area contributed by atoms with Crippen molar-refractivity contribution >= 4 is 11.8 Å². The number of benzene rings is 1. The zero-order valence-corrected chi connectivity index (χ0v) is 16.3. The molecule has 7 heteroatoms. The Bertz CT molecular complexity index is 837. The topological polar surface area (TPSA) is 85.7 Å². The summed E-state index contributed by atoms with van der Waals surface area (Å²) in [6, 6.07) is 7.44. The molecule has 6 nitrogen and oxygen atoms in total. The second-order valence-electron chi connectivity index (χ2n) is 6.72. The minimum absolute atomic E-state index is 0.135. The van der Waals surface area contributed by atoms with E-state index in [1.165, 1.54) is 31.5 Å². The molecular weight excluding hydrogens is 365 g/mol. The minimum atomic E-state index is -0.720. The molecule has 150 valence electrons. The number of carbonyl (C=O) groups excluding carboxylic acids is 2. The van der Waals surface area contributed by atoms with E-state index < -0.39 is 23.8 Å². The molecule has 0 aliphatic heterocycles. The van der Waals surface area contributed by atoms with Gasteiger partial charge in [-0.15, -0.1) is 0 Å². The van der Waals surface area contributed by atoms with Gasteiger partial charge in [0.25, 0.3) is 0 Å². The Kier molecular flexibility index (Phi) is 7.09. The van der Waals surface area contributed by atoms with E-state index in [1.54, 1.807) is 26.0 Å². The number of ether oxygens (including phenoxy) is 2. The molecule has 1 N–H and O–H groups in total. The molecule has 0 unspecified atom stereocenters. The van der Waals surface area contributed by atoms with E-state index in [9.17, 15) is 19.1 Å². The van der Waals surface area contributed by atoms with E-state index in [0.29, 0.717) is 0 Å². The largest absolute Gasteiger partial charge is 0.503 e. The second kappa shape index (κ2) is 9.30. The van der Waals surface area contributed by atoms with Gasteiger partial charge >= 0.3 is 5.97 Å². The summed E-state index contributed by atoms with van der Waals surface area (Å²) in [5.74, 6) is -2.43. The molecule has 0 radical (unpaired) electrons. The maximum atomic E-state index is 13.1. The van der Waals surface area contributed by atoms with Crippen LogP contribution in [0.25, 0.3) is 0 Å². The minimum Gasteiger partial charge on any atom is -0.503 e. The van der Waals surface area contributed by atoms with E-state index in [1.807, 2.05) is 6.92 Å². The van der Waals surface area contributed by atoms with Crippen molar-refractivity contribution in [2.24, 2.45) is 5.92 Å². The third kappa shape index (κ3) is 5.06. The van der Waals surface area contributed by atoms with Crippen LogP contribution in [0.5, 0.6) is 11.5 Å². The van der Waals surface area contributed by atoms with Crippen molar-refractivity contribution in [1.29, 1.82) is 0 Å². The van der Waals surface area contributed by atoms with E-state index in [4.69, 9.17) is 9.47 Å². The molecule has 0 aliphatic rings. The summed E-state index contributed by atoms with van der Waals surface area (Å²) in [6.45, 7) is 5.20. The molecule has 0 saturated heterocycles. The summed E-state index contributed by atoms with van der Waals surface area (Å²) >= 11 is 0. The van der Waals surface area contributed by atoms with Crippen LogP contribution in [-0.2, 0) is 9.53 Å². The Morgan fingerprint density at radius 2 is 1.79 bits per heavy atom. The number of pyridine rings is 1. The first-order valence-electron chi connectivity index (χ1n) is 8.95. The van der Waals surface area contributed by atoms with Gasteiger partial charge in [-0.25, -0.2) is 9.37 Å². The Hall–Kier alpha value is -2.96. The van der Waals surface area contributed by atoms with Crippen molar-refractivity contribution < 1.29 is 28.6 Å². The smallest absolute Gasteiger partial charge is 0.309 e. The first kappa shape index (κ1) is 21.3. The monoisotopic (exact) mass is 389 g/mol. The SMILES string of the molecule is COc1ccnc(C(=O)C[C@H](C)C(=O)O[C@@H](C)[C@@H](C)c2ccc(F)cc2)c1O. The number of nitrogens with zero attached hydrogens (tertiary/aromatic N) is 1. The fourth-order valence-electron chi connectivity index (χ4n) is 2.70. The lowest BCUT2D eigenvalue weighted by Gasteiger charge is -2.22. The highest BCUT2D eigenvalue weighted by atomic mass is 19.1. The van der Waals surface area contributed by atoms with Crippen molar-refractivity contribution in [2.75, 3.05) is 7.11 Å². The third-order valence-corrected chi connectivity index (χ3v) is 4.67. The van der Waals surface area contributed by atoms with Crippen LogP contribution in [0.3, 0.4) is 0 Å². The average Bonchev–Trinajstić information content (AvgIpc) is 2.67. The number of ketones is 1. The molecule has 0 saturated carbocycles. The van der Waals surface area contributed by atoms with Crippen LogP contribution in [0.15, 0.2) is 36.5 Å². The second-order valence-corrected chi connectivity index (χ2v) is 6.72. The zero-order valence-electron chi connectivity index (χ0n) is 16.3.